The van der Waals surface area contributed by atoms with Crippen molar-refractivity contribution in [2.45, 2.75) is 13.3 Å². The van der Waals surface area contributed by atoms with Crippen molar-refractivity contribution in [3.05, 3.63) is 47.5 Å². The van der Waals surface area contributed by atoms with E-state index in [1.807, 2.05) is 0 Å². The Morgan fingerprint density at radius 2 is 1.93 bits per heavy atom. The smallest absolute Gasteiger partial charge is 0.255 e. The van der Waals surface area contributed by atoms with E-state index in [1.165, 1.54) is 11.4 Å². The largest absolute Gasteiger partial charge is 0.497 e. The van der Waals surface area contributed by atoms with Crippen molar-refractivity contribution in [3.8, 4) is 11.5 Å². The third-order valence-corrected chi connectivity index (χ3v) is 6.33. The summed E-state index contributed by atoms with van der Waals surface area (Å²) in [6.07, 6.45) is 0.582. The number of hydrogen-bond acceptors (Lipinski definition) is 5. The molecule has 0 saturated heterocycles. The number of anilines is 2. The topological polar surface area (TPSA) is 84.9 Å². The molecule has 1 N–H and O–H groups in total. The van der Waals surface area contributed by atoms with Gasteiger partial charge in [0.25, 0.3) is 5.91 Å². The van der Waals surface area contributed by atoms with Gasteiger partial charge in [-0.1, -0.05) is 0 Å². The van der Waals surface area contributed by atoms with E-state index >= 15 is 0 Å². The highest BCUT2D eigenvalue weighted by atomic mass is 32.2. The summed E-state index contributed by atoms with van der Waals surface area (Å²) in [5.74, 6) is 0.858. The average molecular weight is 390 g/mol. The van der Waals surface area contributed by atoms with Gasteiger partial charge in [-0.05, 0) is 49.2 Å². The lowest BCUT2D eigenvalue weighted by atomic mass is 10.1. The molecular formula is C19H22N2O5S. The van der Waals surface area contributed by atoms with Crippen LogP contribution in [0.2, 0.25) is 0 Å². The molecule has 0 unspecified atom stereocenters. The van der Waals surface area contributed by atoms with Gasteiger partial charge in [-0.3, -0.25) is 9.10 Å². The van der Waals surface area contributed by atoms with Crippen LogP contribution in [0.4, 0.5) is 11.4 Å². The van der Waals surface area contributed by atoms with Crippen molar-refractivity contribution in [2.24, 2.45) is 0 Å². The minimum Gasteiger partial charge on any atom is -0.497 e. The minimum atomic E-state index is -3.31. The second-order valence-electron chi connectivity index (χ2n) is 6.09. The van der Waals surface area contributed by atoms with Crippen LogP contribution in [0.3, 0.4) is 0 Å². The molecule has 27 heavy (non-hydrogen) atoms. The number of hydrogen-bond donors (Lipinski definition) is 1. The number of sulfonamides is 1. The second-order valence-corrected chi connectivity index (χ2v) is 8.27. The standard InChI is InChI=1S/C19H22N2O5S/c1-4-27(23,24)21-10-9-13-11-14(5-7-17(13)21)19(22)20-16-12-15(25-2)6-8-18(16)26-3/h5-8,11-12H,4,9-10H2,1-3H3,(H,20,22). The molecule has 0 spiro atoms. The quantitative estimate of drug-likeness (QED) is 0.820. The number of ether oxygens (including phenoxy) is 2. The Kier molecular flexibility index (Phi) is 5.27. The Morgan fingerprint density at radius 1 is 1.15 bits per heavy atom. The SMILES string of the molecule is CCS(=O)(=O)N1CCc2cc(C(=O)Nc3cc(OC)ccc3OC)ccc21. The molecule has 1 heterocycles. The molecule has 0 aliphatic carbocycles. The normalized spacial score (nSPS) is 13.2. The first-order valence-corrected chi connectivity index (χ1v) is 10.2. The number of nitrogens with one attached hydrogen (secondary N) is 1. The van der Waals surface area contributed by atoms with E-state index in [9.17, 15) is 13.2 Å². The summed E-state index contributed by atoms with van der Waals surface area (Å²) in [5.41, 5.74) is 2.44. The zero-order valence-electron chi connectivity index (χ0n) is 15.5. The Morgan fingerprint density at radius 3 is 2.59 bits per heavy atom. The van der Waals surface area contributed by atoms with Gasteiger partial charge in [0, 0.05) is 18.2 Å². The molecule has 0 bridgehead atoms. The maximum Gasteiger partial charge on any atom is 0.255 e. The number of methoxy groups -OCH3 is 2. The first kappa shape index (κ1) is 19.0. The van der Waals surface area contributed by atoms with Gasteiger partial charge in [-0.15, -0.1) is 0 Å². The zero-order valence-corrected chi connectivity index (χ0v) is 16.3. The van der Waals surface area contributed by atoms with E-state index in [-0.39, 0.29) is 11.7 Å². The first-order chi connectivity index (χ1) is 12.9. The van der Waals surface area contributed by atoms with Gasteiger partial charge >= 0.3 is 0 Å². The lowest BCUT2D eigenvalue weighted by molar-refractivity contribution is 0.102. The van der Waals surface area contributed by atoms with Gasteiger partial charge in [0.2, 0.25) is 10.0 Å². The number of carbonyl (C=O) groups excluding carboxylic acids is 1. The van der Waals surface area contributed by atoms with Crippen LogP contribution >= 0.6 is 0 Å². The molecular weight excluding hydrogens is 368 g/mol. The highest BCUT2D eigenvalue weighted by Gasteiger charge is 2.28. The molecule has 3 rings (SSSR count). The average Bonchev–Trinajstić information content (AvgIpc) is 3.11. The fourth-order valence-electron chi connectivity index (χ4n) is 3.06. The molecule has 0 atom stereocenters. The molecule has 1 aliphatic rings. The highest BCUT2D eigenvalue weighted by molar-refractivity contribution is 7.92. The van der Waals surface area contributed by atoms with E-state index in [1.54, 1.807) is 50.4 Å². The van der Waals surface area contributed by atoms with Crippen molar-refractivity contribution in [1.82, 2.24) is 0 Å². The Bertz CT molecular complexity index is 972. The van der Waals surface area contributed by atoms with Crippen molar-refractivity contribution < 1.29 is 22.7 Å². The summed E-state index contributed by atoms with van der Waals surface area (Å²) in [6, 6.07) is 10.2. The van der Waals surface area contributed by atoms with Crippen LogP contribution in [-0.4, -0.2) is 40.8 Å². The fraction of sp³-hybridized carbons (Fsp3) is 0.316. The van der Waals surface area contributed by atoms with Crippen LogP contribution in [0.1, 0.15) is 22.8 Å². The summed E-state index contributed by atoms with van der Waals surface area (Å²) < 4.78 is 36.2. The summed E-state index contributed by atoms with van der Waals surface area (Å²) in [6.45, 7) is 2.02. The second kappa shape index (κ2) is 7.48. The van der Waals surface area contributed by atoms with Gasteiger partial charge in [0.15, 0.2) is 0 Å². The van der Waals surface area contributed by atoms with Crippen LogP contribution in [0.25, 0.3) is 0 Å². The molecule has 1 aliphatic heterocycles. The van der Waals surface area contributed by atoms with E-state index in [0.717, 1.165) is 5.56 Å². The Hall–Kier alpha value is -2.74. The summed E-state index contributed by atoms with van der Waals surface area (Å²) in [7, 11) is -0.238. The number of rotatable bonds is 6. The van der Waals surface area contributed by atoms with Crippen LogP contribution < -0.4 is 19.1 Å². The molecule has 144 valence electrons. The van der Waals surface area contributed by atoms with Gasteiger partial charge < -0.3 is 14.8 Å². The lowest BCUT2D eigenvalue weighted by Crippen LogP contribution is -2.30. The molecule has 0 saturated carbocycles. The lowest BCUT2D eigenvalue weighted by Gasteiger charge is -2.18. The molecule has 8 heteroatoms. The minimum absolute atomic E-state index is 0.0459. The van der Waals surface area contributed by atoms with Crippen LogP contribution in [-0.2, 0) is 16.4 Å². The monoisotopic (exact) mass is 390 g/mol. The van der Waals surface area contributed by atoms with Gasteiger partial charge in [-0.2, -0.15) is 0 Å². The van der Waals surface area contributed by atoms with Crippen molar-refractivity contribution >= 4 is 27.3 Å². The van der Waals surface area contributed by atoms with Crippen LogP contribution in [0, 0.1) is 0 Å². The molecule has 0 fully saturated rings. The van der Waals surface area contributed by atoms with Crippen LogP contribution in [0.5, 0.6) is 11.5 Å². The first-order valence-electron chi connectivity index (χ1n) is 8.56. The van der Waals surface area contributed by atoms with E-state index in [0.29, 0.717) is 41.4 Å². The Labute approximate surface area is 158 Å². The Balaban J connectivity index is 1.86. The third-order valence-electron chi connectivity index (χ3n) is 4.55. The van der Waals surface area contributed by atoms with E-state index < -0.39 is 10.0 Å². The number of nitrogens with zero attached hydrogens (tertiary/aromatic N) is 1. The van der Waals surface area contributed by atoms with Crippen molar-refractivity contribution in [3.63, 3.8) is 0 Å². The molecule has 1 amide bonds. The predicted molar refractivity (Wildman–Crippen MR) is 104 cm³/mol. The molecule has 0 aromatic heterocycles. The van der Waals surface area contributed by atoms with Gasteiger partial charge in [0.05, 0.1) is 31.3 Å². The summed E-state index contributed by atoms with van der Waals surface area (Å²) in [5, 5.41) is 2.82. The molecule has 0 radical (unpaired) electrons. The number of carbonyl (C=O) groups is 1. The maximum atomic E-state index is 12.7. The predicted octanol–water partition coefficient (Wildman–Crippen LogP) is 2.67. The number of amides is 1. The third kappa shape index (κ3) is 3.71. The fourth-order valence-corrected chi connectivity index (χ4v) is 4.22. The van der Waals surface area contributed by atoms with Crippen molar-refractivity contribution in [1.29, 1.82) is 0 Å². The van der Waals surface area contributed by atoms with E-state index in [4.69, 9.17) is 9.47 Å². The summed E-state index contributed by atoms with van der Waals surface area (Å²) in [4.78, 5) is 12.7. The maximum absolute atomic E-state index is 12.7. The van der Waals surface area contributed by atoms with Gasteiger partial charge in [-0.25, -0.2) is 8.42 Å². The summed E-state index contributed by atoms with van der Waals surface area (Å²) >= 11 is 0. The molecule has 2 aromatic rings. The molecule has 7 nitrogen and oxygen atoms in total. The van der Waals surface area contributed by atoms with Gasteiger partial charge in [0.1, 0.15) is 11.5 Å². The number of fused-ring (bicyclic) bond motifs is 1. The van der Waals surface area contributed by atoms with Crippen LogP contribution in [0.15, 0.2) is 36.4 Å². The molecule has 2 aromatic carbocycles. The zero-order chi connectivity index (χ0) is 19.6. The van der Waals surface area contributed by atoms with Crippen molar-refractivity contribution in [2.75, 3.05) is 36.1 Å². The highest BCUT2D eigenvalue weighted by Crippen LogP contribution is 2.32. The number of benzene rings is 2. The van der Waals surface area contributed by atoms with E-state index in [2.05, 4.69) is 5.32 Å².